The summed E-state index contributed by atoms with van der Waals surface area (Å²) in [5, 5.41) is 12.0. The number of hydrogen-bond donors (Lipinski definition) is 2. The van der Waals surface area contributed by atoms with Gasteiger partial charge in [0.2, 0.25) is 0 Å². The Hall–Kier alpha value is 0.210. The third-order valence-corrected chi connectivity index (χ3v) is 2.70. The molecule has 0 saturated heterocycles. The molecular formula is C9H18ClNO. The summed E-state index contributed by atoms with van der Waals surface area (Å²) in [6.45, 7) is 4.28. The van der Waals surface area contributed by atoms with Crippen LogP contribution >= 0.6 is 11.6 Å². The van der Waals surface area contributed by atoms with Crippen molar-refractivity contribution in [2.75, 3.05) is 0 Å². The van der Waals surface area contributed by atoms with Gasteiger partial charge >= 0.3 is 0 Å². The average Bonchev–Trinajstić information content (AvgIpc) is 1.93. The minimum Gasteiger partial charge on any atom is -0.375 e. The summed E-state index contributed by atoms with van der Waals surface area (Å²) in [5.74, 6) is 0. The first kappa shape index (κ1) is 10.3. The van der Waals surface area contributed by atoms with Gasteiger partial charge in [-0.05, 0) is 25.7 Å². The van der Waals surface area contributed by atoms with E-state index < -0.39 is 5.06 Å². The van der Waals surface area contributed by atoms with Crippen molar-refractivity contribution in [3.05, 3.63) is 0 Å². The molecule has 2 N–H and O–H groups in total. The molecular weight excluding hydrogens is 174 g/mol. The van der Waals surface area contributed by atoms with Gasteiger partial charge in [-0.15, -0.1) is 0 Å². The van der Waals surface area contributed by atoms with E-state index in [-0.39, 0.29) is 0 Å². The molecule has 3 heteroatoms. The van der Waals surface area contributed by atoms with Gasteiger partial charge in [0.1, 0.15) is 5.06 Å². The molecule has 0 atom stereocenters. The largest absolute Gasteiger partial charge is 0.375 e. The summed E-state index contributed by atoms with van der Waals surface area (Å²) in [7, 11) is 0. The Balaban J connectivity index is 2.27. The zero-order valence-electron chi connectivity index (χ0n) is 7.81. The summed E-state index contributed by atoms with van der Waals surface area (Å²) in [5.41, 5.74) is 0. The number of alkyl halides is 1. The van der Waals surface area contributed by atoms with E-state index in [1.165, 1.54) is 0 Å². The zero-order valence-corrected chi connectivity index (χ0v) is 8.56. The molecule has 1 aliphatic rings. The molecule has 1 fully saturated rings. The van der Waals surface area contributed by atoms with Gasteiger partial charge in [-0.25, -0.2) is 0 Å². The highest BCUT2D eigenvalue weighted by Gasteiger charge is 2.30. The standard InChI is InChI=1S/C9H18ClNO/c1-7(2)11-8-3-5-9(10,12)6-4-8/h7-8,11-12H,3-6H2,1-2H3. The lowest BCUT2D eigenvalue weighted by Crippen LogP contribution is -2.41. The predicted octanol–water partition coefficient (Wildman–Crippen LogP) is 1.85. The topological polar surface area (TPSA) is 32.3 Å². The lowest BCUT2D eigenvalue weighted by atomic mass is 9.92. The predicted molar refractivity (Wildman–Crippen MR) is 51.3 cm³/mol. The molecule has 0 amide bonds. The van der Waals surface area contributed by atoms with Crippen molar-refractivity contribution >= 4 is 11.6 Å². The second-order valence-electron chi connectivity index (χ2n) is 4.01. The highest BCUT2D eigenvalue weighted by atomic mass is 35.5. The summed E-state index contributed by atoms with van der Waals surface area (Å²) < 4.78 is 0. The molecule has 0 spiro atoms. The monoisotopic (exact) mass is 191 g/mol. The van der Waals surface area contributed by atoms with E-state index in [0.29, 0.717) is 24.9 Å². The van der Waals surface area contributed by atoms with E-state index in [1.807, 2.05) is 0 Å². The molecule has 0 aliphatic heterocycles. The Morgan fingerprint density at radius 3 is 2.33 bits per heavy atom. The Morgan fingerprint density at radius 2 is 1.92 bits per heavy atom. The van der Waals surface area contributed by atoms with Crippen LogP contribution in [0.3, 0.4) is 0 Å². The van der Waals surface area contributed by atoms with E-state index in [0.717, 1.165) is 12.8 Å². The van der Waals surface area contributed by atoms with Crippen LogP contribution in [0, 0.1) is 0 Å². The van der Waals surface area contributed by atoms with E-state index >= 15 is 0 Å². The van der Waals surface area contributed by atoms with Crippen LogP contribution in [0.15, 0.2) is 0 Å². The van der Waals surface area contributed by atoms with Crippen molar-refractivity contribution in [3.8, 4) is 0 Å². The van der Waals surface area contributed by atoms with E-state index in [4.69, 9.17) is 11.6 Å². The normalized spacial score (nSPS) is 37.2. The first-order valence-electron chi connectivity index (χ1n) is 4.67. The van der Waals surface area contributed by atoms with Gasteiger partial charge in [0, 0.05) is 12.1 Å². The number of halogens is 1. The van der Waals surface area contributed by atoms with E-state index in [9.17, 15) is 5.11 Å². The van der Waals surface area contributed by atoms with Crippen molar-refractivity contribution in [2.45, 2.75) is 56.7 Å². The molecule has 72 valence electrons. The highest BCUT2D eigenvalue weighted by Crippen LogP contribution is 2.31. The SMILES string of the molecule is CC(C)NC1CCC(O)(Cl)CC1. The Kier molecular flexibility index (Phi) is 3.38. The van der Waals surface area contributed by atoms with Gasteiger partial charge in [-0.1, -0.05) is 25.4 Å². The van der Waals surface area contributed by atoms with E-state index in [2.05, 4.69) is 19.2 Å². The molecule has 0 aromatic heterocycles. The van der Waals surface area contributed by atoms with Crippen molar-refractivity contribution in [1.29, 1.82) is 0 Å². The van der Waals surface area contributed by atoms with Crippen LogP contribution in [0.2, 0.25) is 0 Å². The second kappa shape index (κ2) is 3.95. The van der Waals surface area contributed by atoms with E-state index in [1.54, 1.807) is 0 Å². The van der Waals surface area contributed by atoms with Crippen LogP contribution in [-0.2, 0) is 0 Å². The fourth-order valence-electron chi connectivity index (χ4n) is 1.70. The molecule has 0 bridgehead atoms. The number of hydrogen-bond acceptors (Lipinski definition) is 2. The molecule has 0 heterocycles. The molecule has 1 rings (SSSR count). The van der Waals surface area contributed by atoms with Crippen molar-refractivity contribution in [3.63, 3.8) is 0 Å². The molecule has 0 aromatic rings. The third kappa shape index (κ3) is 3.30. The van der Waals surface area contributed by atoms with Gasteiger partial charge in [0.05, 0.1) is 0 Å². The van der Waals surface area contributed by atoms with Gasteiger partial charge in [0.25, 0.3) is 0 Å². The number of nitrogens with one attached hydrogen (secondary N) is 1. The summed E-state index contributed by atoms with van der Waals surface area (Å²) >= 11 is 5.80. The maximum atomic E-state index is 9.46. The van der Waals surface area contributed by atoms with Gasteiger partial charge in [0.15, 0.2) is 0 Å². The third-order valence-electron chi connectivity index (χ3n) is 2.32. The van der Waals surface area contributed by atoms with Crippen molar-refractivity contribution in [1.82, 2.24) is 5.32 Å². The Morgan fingerprint density at radius 1 is 1.42 bits per heavy atom. The Bertz CT molecular complexity index is 137. The van der Waals surface area contributed by atoms with Crippen LogP contribution in [0.5, 0.6) is 0 Å². The molecule has 0 unspecified atom stereocenters. The molecule has 2 nitrogen and oxygen atoms in total. The second-order valence-corrected chi connectivity index (χ2v) is 4.72. The number of aliphatic hydroxyl groups is 1. The van der Waals surface area contributed by atoms with Crippen LogP contribution in [0.1, 0.15) is 39.5 Å². The molecule has 12 heavy (non-hydrogen) atoms. The fourth-order valence-corrected chi connectivity index (χ4v) is 1.92. The maximum absolute atomic E-state index is 9.46. The summed E-state index contributed by atoms with van der Waals surface area (Å²) in [4.78, 5) is 0. The molecule has 1 saturated carbocycles. The quantitative estimate of drug-likeness (QED) is 0.654. The molecule has 0 aromatic carbocycles. The van der Waals surface area contributed by atoms with Gasteiger partial charge in [-0.2, -0.15) is 0 Å². The fraction of sp³-hybridized carbons (Fsp3) is 1.00. The first-order valence-corrected chi connectivity index (χ1v) is 5.05. The van der Waals surface area contributed by atoms with Crippen LogP contribution in [0.4, 0.5) is 0 Å². The molecule has 0 radical (unpaired) electrons. The average molecular weight is 192 g/mol. The Labute approximate surface area is 79.3 Å². The van der Waals surface area contributed by atoms with Crippen molar-refractivity contribution in [2.24, 2.45) is 0 Å². The zero-order chi connectivity index (χ0) is 9.19. The van der Waals surface area contributed by atoms with Gasteiger partial charge in [-0.3, -0.25) is 0 Å². The lowest BCUT2D eigenvalue weighted by Gasteiger charge is -2.32. The molecule has 1 aliphatic carbocycles. The highest BCUT2D eigenvalue weighted by molar-refractivity contribution is 6.22. The smallest absolute Gasteiger partial charge is 0.138 e. The summed E-state index contributed by atoms with van der Waals surface area (Å²) in [6.07, 6.45) is 3.38. The lowest BCUT2D eigenvalue weighted by molar-refractivity contribution is 0.0740. The van der Waals surface area contributed by atoms with Gasteiger partial charge < -0.3 is 10.4 Å². The van der Waals surface area contributed by atoms with Crippen molar-refractivity contribution < 1.29 is 5.11 Å². The van der Waals surface area contributed by atoms with Crippen LogP contribution in [0.25, 0.3) is 0 Å². The maximum Gasteiger partial charge on any atom is 0.138 e. The van der Waals surface area contributed by atoms with Crippen LogP contribution in [-0.4, -0.2) is 22.3 Å². The minimum atomic E-state index is -0.921. The number of rotatable bonds is 2. The van der Waals surface area contributed by atoms with Crippen LogP contribution < -0.4 is 5.32 Å². The minimum absolute atomic E-state index is 0.525. The first-order chi connectivity index (χ1) is 5.49. The summed E-state index contributed by atoms with van der Waals surface area (Å²) in [6, 6.07) is 1.07.